The Morgan fingerprint density at radius 1 is 1.30 bits per heavy atom. The maximum atomic E-state index is 12.5. The SMILES string of the molecule is CCC(C#N)(CC)C(=O)NC1CC2CCCC(C1)N2C. The van der Waals surface area contributed by atoms with E-state index in [4.69, 9.17) is 0 Å². The van der Waals surface area contributed by atoms with Crippen LogP contribution in [0, 0.1) is 16.7 Å². The van der Waals surface area contributed by atoms with Crippen molar-refractivity contribution in [2.24, 2.45) is 5.41 Å². The molecule has 4 nitrogen and oxygen atoms in total. The number of piperidine rings is 2. The normalized spacial score (nSPS) is 30.6. The molecule has 0 aromatic rings. The fourth-order valence-electron chi connectivity index (χ4n) is 3.84. The molecule has 0 radical (unpaired) electrons. The van der Waals surface area contributed by atoms with Crippen LogP contribution in [-0.2, 0) is 4.79 Å². The minimum atomic E-state index is -0.835. The van der Waals surface area contributed by atoms with Crippen LogP contribution in [0.2, 0.25) is 0 Å². The number of nitrogens with zero attached hydrogens (tertiary/aromatic N) is 2. The van der Waals surface area contributed by atoms with Crippen LogP contribution < -0.4 is 5.32 Å². The highest BCUT2D eigenvalue weighted by atomic mass is 16.2. The molecule has 2 rings (SSSR count). The second-order valence-corrected chi connectivity index (χ2v) is 6.45. The Morgan fingerprint density at radius 3 is 2.30 bits per heavy atom. The summed E-state index contributed by atoms with van der Waals surface area (Å²) in [6, 6.07) is 3.70. The van der Waals surface area contributed by atoms with E-state index in [-0.39, 0.29) is 11.9 Å². The standard InChI is InChI=1S/C16H27N3O/c1-4-16(5-2,11-17)15(20)18-12-9-13-7-6-8-14(10-12)19(13)3/h12-14H,4-10H2,1-3H3,(H,18,20). The summed E-state index contributed by atoms with van der Waals surface area (Å²) in [5.41, 5.74) is -0.835. The number of nitrogens with one attached hydrogen (secondary N) is 1. The molecule has 2 atom stereocenters. The first-order chi connectivity index (χ1) is 9.56. The quantitative estimate of drug-likeness (QED) is 0.858. The van der Waals surface area contributed by atoms with Crippen molar-refractivity contribution in [3.63, 3.8) is 0 Å². The second kappa shape index (κ2) is 6.13. The summed E-state index contributed by atoms with van der Waals surface area (Å²) in [6.07, 6.45) is 7.04. The van der Waals surface area contributed by atoms with Crippen LogP contribution in [0.4, 0.5) is 0 Å². The monoisotopic (exact) mass is 277 g/mol. The van der Waals surface area contributed by atoms with Gasteiger partial charge in [0.2, 0.25) is 5.91 Å². The number of carbonyl (C=O) groups is 1. The molecule has 1 N–H and O–H groups in total. The lowest BCUT2D eigenvalue weighted by atomic mass is 9.80. The van der Waals surface area contributed by atoms with Crippen molar-refractivity contribution in [3.8, 4) is 6.07 Å². The van der Waals surface area contributed by atoms with Crippen molar-refractivity contribution < 1.29 is 4.79 Å². The highest BCUT2D eigenvalue weighted by Crippen LogP contribution is 2.33. The predicted molar refractivity (Wildman–Crippen MR) is 79.0 cm³/mol. The average molecular weight is 277 g/mol. The molecular formula is C16H27N3O. The summed E-state index contributed by atoms with van der Waals surface area (Å²) in [4.78, 5) is 15.0. The third kappa shape index (κ3) is 2.69. The zero-order valence-corrected chi connectivity index (χ0v) is 13.0. The van der Waals surface area contributed by atoms with Crippen LogP contribution in [0.5, 0.6) is 0 Å². The van der Waals surface area contributed by atoms with Crippen molar-refractivity contribution in [1.29, 1.82) is 5.26 Å². The Morgan fingerprint density at radius 2 is 1.85 bits per heavy atom. The Balaban J connectivity index is 2.01. The van der Waals surface area contributed by atoms with Crippen LogP contribution in [0.25, 0.3) is 0 Å². The summed E-state index contributed by atoms with van der Waals surface area (Å²) < 4.78 is 0. The number of amides is 1. The molecule has 0 aliphatic carbocycles. The third-order valence-corrected chi connectivity index (χ3v) is 5.53. The summed E-state index contributed by atoms with van der Waals surface area (Å²) in [6.45, 7) is 3.85. The second-order valence-electron chi connectivity index (χ2n) is 6.45. The molecule has 20 heavy (non-hydrogen) atoms. The predicted octanol–water partition coefficient (Wildman–Crippen LogP) is 2.45. The zero-order chi connectivity index (χ0) is 14.8. The molecule has 2 aliphatic rings. The van der Waals surface area contributed by atoms with E-state index in [2.05, 4.69) is 23.3 Å². The van der Waals surface area contributed by atoms with Gasteiger partial charge in [-0.05, 0) is 45.6 Å². The molecule has 2 aliphatic heterocycles. The minimum Gasteiger partial charge on any atom is -0.352 e. The van der Waals surface area contributed by atoms with Crippen molar-refractivity contribution in [2.75, 3.05) is 7.05 Å². The van der Waals surface area contributed by atoms with Gasteiger partial charge in [-0.3, -0.25) is 4.79 Å². The molecule has 2 saturated heterocycles. The number of nitriles is 1. The van der Waals surface area contributed by atoms with Crippen molar-refractivity contribution in [3.05, 3.63) is 0 Å². The minimum absolute atomic E-state index is 0.0578. The smallest absolute Gasteiger partial charge is 0.240 e. The summed E-state index contributed by atoms with van der Waals surface area (Å²) in [7, 11) is 2.21. The number of hydrogen-bond acceptors (Lipinski definition) is 3. The fourth-order valence-corrected chi connectivity index (χ4v) is 3.84. The van der Waals surface area contributed by atoms with E-state index >= 15 is 0 Å². The Kier molecular flexibility index (Phi) is 4.70. The maximum absolute atomic E-state index is 12.5. The largest absolute Gasteiger partial charge is 0.352 e. The van der Waals surface area contributed by atoms with Gasteiger partial charge in [0.25, 0.3) is 0 Å². The van der Waals surface area contributed by atoms with Gasteiger partial charge in [0, 0.05) is 18.1 Å². The first kappa shape index (κ1) is 15.3. The van der Waals surface area contributed by atoms with E-state index in [1.165, 1.54) is 19.3 Å². The lowest BCUT2D eigenvalue weighted by Crippen LogP contribution is -2.56. The van der Waals surface area contributed by atoms with E-state index in [1.54, 1.807) is 0 Å². The van der Waals surface area contributed by atoms with Gasteiger partial charge in [-0.2, -0.15) is 5.26 Å². The molecule has 1 amide bonds. The van der Waals surface area contributed by atoms with Crippen LogP contribution in [-0.4, -0.2) is 36.0 Å². The lowest BCUT2D eigenvalue weighted by Gasteiger charge is -2.47. The molecule has 112 valence electrons. The highest BCUT2D eigenvalue weighted by molar-refractivity contribution is 5.85. The fraction of sp³-hybridized carbons (Fsp3) is 0.875. The lowest BCUT2D eigenvalue weighted by molar-refractivity contribution is -0.130. The topological polar surface area (TPSA) is 56.1 Å². The van der Waals surface area contributed by atoms with Gasteiger partial charge < -0.3 is 10.2 Å². The Bertz CT molecular complexity index is 383. The average Bonchev–Trinajstić information content (AvgIpc) is 2.42. The van der Waals surface area contributed by atoms with E-state index in [0.717, 1.165) is 12.8 Å². The molecule has 0 spiro atoms. The third-order valence-electron chi connectivity index (χ3n) is 5.53. The van der Waals surface area contributed by atoms with Crippen LogP contribution in [0.3, 0.4) is 0 Å². The zero-order valence-electron chi connectivity index (χ0n) is 13.0. The number of hydrogen-bond donors (Lipinski definition) is 1. The van der Waals surface area contributed by atoms with Crippen molar-refractivity contribution in [2.45, 2.75) is 76.9 Å². The van der Waals surface area contributed by atoms with E-state index in [0.29, 0.717) is 24.9 Å². The first-order valence-corrected chi connectivity index (χ1v) is 8.00. The van der Waals surface area contributed by atoms with E-state index < -0.39 is 5.41 Å². The molecule has 2 unspecified atom stereocenters. The number of rotatable bonds is 4. The van der Waals surface area contributed by atoms with Gasteiger partial charge in [-0.1, -0.05) is 20.3 Å². The van der Waals surface area contributed by atoms with Crippen LogP contribution in [0.1, 0.15) is 58.8 Å². The molecular weight excluding hydrogens is 250 g/mol. The van der Waals surface area contributed by atoms with Crippen molar-refractivity contribution in [1.82, 2.24) is 10.2 Å². The Hall–Kier alpha value is -1.08. The van der Waals surface area contributed by atoms with Crippen molar-refractivity contribution >= 4 is 5.91 Å². The number of carbonyl (C=O) groups excluding carboxylic acids is 1. The van der Waals surface area contributed by atoms with Gasteiger partial charge in [-0.15, -0.1) is 0 Å². The molecule has 0 aromatic carbocycles. The molecule has 0 aromatic heterocycles. The molecule has 2 heterocycles. The van der Waals surface area contributed by atoms with E-state index in [1.807, 2.05) is 13.8 Å². The first-order valence-electron chi connectivity index (χ1n) is 8.00. The van der Waals surface area contributed by atoms with Gasteiger partial charge >= 0.3 is 0 Å². The van der Waals surface area contributed by atoms with Crippen LogP contribution in [0.15, 0.2) is 0 Å². The number of fused-ring (bicyclic) bond motifs is 2. The molecule has 2 bridgehead atoms. The maximum Gasteiger partial charge on any atom is 0.240 e. The van der Waals surface area contributed by atoms with Gasteiger partial charge in [0.05, 0.1) is 6.07 Å². The summed E-state index contributed by atoms with van der Waals surface area (Å²) in [5, 5.41) is 12.5. The molecule has 0 saturated carbocycles. The summed E-state index contributed by atoms with van der Waals surface area (Å²) in [5.74, 6) is -0.0578. The summed E-state index contributed by atoms with van der Waals surface area (Å²) >= 11 is 0. The Labute approximate surface area is 122 Å². The van der Waals surface area contributed by atoms with Gasteiger partial charge in [-0.25, -0.2) is 0 Å². The van der Waals surface area contributed by atoms with Crippen LogP contribution >= 0.6 is 0 Å². The molecule has 4 heteroatoms. The van der Waals surface area contributed by atoms with E-state index in [9.17, 15) is 10.1 Å². The highest BCUT2D eigenvalue weighted by Gasteiger charge is 2.40. The van der Waals surface area contributed by atoms with Gasteiger partial charge in [0.15, 0.2) is 0 Å². The molecule has 2 fully saturated rings. The van der Waals surface area contributed by atoms with Gasteiger partial charge in [0.1, 0.15) is 5.41 Å².